The molecule has 0 bridgehead atoms. The Hall–Kier alpha value is -3.80. The first kappa shape index (κ1) is 29.7. The zero-order valence-electron chi connectivity index (χ0n) is 24.3. The highest BCUT2D eigenvalue weighted by atomic mass is 16.5. The van der Waals surface area contributed by atoms with Crippen molar-refractivity contribution in [1.82, 2.24) is 5.32 Å². The molecule has 1 fully saturated rings. The van der Waals surface area contributed by atoms with E-state index in [-0.39, 0.29) is 24.5 Å². The van der Waals surface area contributed by atoms with E-state index >= 15 is 0 Å². The predicted octanol–water partition coefficient (Wildman–Crippen LogP) is 5.32. The van der Waals surface area contributed by atoms with Crippen molar-refractivity contribution in [2.24, 2.45) is 5.92 Å². The van der Waals surface area contributed by atoms with Gasteiger partial charge in [-0.25, -0.2) is 0 Å². The molecule has 42 heavy (non-hydrogen) atoms. The van der Waals surface area contributed by atoms with Crippen LogP contribution in [0.4, 0.5) is 0 Å². The van der Waals surface area contributed by atoms with E-state index < -0.39 is 0 Å². The SMILES string of the molecule is COc1ccccc1COCCCOc1ccc([C@H]2[C@H](CO)CNC[C@@H]2OCc2cc(OC)c3cc#ccc3c2)cc1. The van der Waals surface area contributed by atoms with Crippen LogP contribution >= 0.6 is 0 Å². The lowest BCUT2D eigenvalue weighted by Crippen LogP contribution is -2.47. The minimum atomic E-state index is -0.0968. The van der Waals surface area contributed by atoms with Crippen molar-refractivity contribution in [1.29, 1.82) is 0 Å². The van der Waals surface area contributed by atoms with Gasteiger partial charge in [0.05, 0.1) is 46.8 Å². The number of benzene rings is 3. The fourth-order valence-corrected chi connectivity index (χ4v) is 5.61. The fourth-order valence-electron chi connectivity index (χ4n) is 5.61. The van der Waals surface area contributed by atoms with Gasteiger partial charge >= 0.3 is 0 Å². The van der Waals surface area contributed by atoms with Crippen LogP contribution in [0.2, 0.25) is 0 Å². The highest BCUT2D eigenvalue weighted by molar-refractivity contribution is 5.88. The predicted molar refractivity (Wildman–Crippen MR) is 162 cm³/mol. The minimum absolute atomic E-state index is 0.0483. The first-order valence-electron chi connectivity index (χ1n) is 14.4. The topological polar surface area (TPSA) is 78.4 Å². The Labute approximate surface area is 248 Å². The smallest absolute Gasteiger partial charge is 0.127 e. The van der Waals surface area contributed by atoms with Gasteiger partial charge in [-0.05, 0) is 52.9 Å². The molecule has 0 spiro atoms. The van der Waals surface area contributed by atoms with Gasteiger partial charge in [-0.1, -0.05) is 42.5 Å². The molecular weight excluding hydrogens is 530 g/mol. The average Bonchev–Trinajstić information content (AvgIpc) is 3.05. The van der Waals surface area contributed by atoms with E-state index in [0.717, 1.165) is 57.7 Å². The molecule has 1 aliphatic rings. The average molecular weight is 570 g/mol. The molecule has 1 heterocycles. The van der Waals surface area contributed by atoms with Gasteiger partial charge < -0.3 is 34.1 Å². The quantitative estimate of drug-likeness (QED) is 0.199. The van der Waals surface area contributed by atoms with E-state index in [1.807, 2.05) is 54.6 Å². The molecule has 4 aromatic carbocycles. The van der Waals surface area contributed by atoms with Gasteiger partial charge in [0.25, 0.3) is 0 Å². The Morgan fingerprint density at radius 2 is 1.69 bits per heavy atom. The lowest BCUT2D eigenvalue weighted by molar-refractivity contribution is -0.0151. The Kier molecular flexibility index (Phi) is 10.5. The maximum Gasteiger partial charge on any atom is 0.127 e. The molecule has 7 heteroatoms. The van der Waals surface area contributed by atoms with Crippen molar-refractivity contribution in [3.05, 3.63) is 102 Å². The van der Waals surface area contributed by atoms with Crippen LogP contribution in [0.1, 0.15) is 29.0 Å². The van der Waals surface area contributed by atoms with E-state index in [2.05, 4.69) is 35.6 Å². The van der Waals surface area contributed by atoms with Gasteiger partial charge in [0.15, 0.2) is 0 Å². The Morgan fingerprint density at radius 1 is 0.881 bits per heavy atom. The van der Waals surface area contributed by atoms with Crippen LogP contribution in [0.5, 0.6) is 17.2 Å². The van der Waals surface area contributed by atoms with Crippen molar-refractivity contribution in [3.63, 3.8) is 0 Å². The van der Waals surface area contributed by atoms with Gasteiger partial charge in [0.2, 0.25) is 0 Å². The number of piperidine rings is 1. The molecule has 0 amide bonds. The van der Waals surface area contributed by atoms with Crippen molar-refractivity contribution in [3.8, 4) is 17.2 Å². The first-order valence-corrected chi connectivity index (χ1v) is 14.4. The summed E-state index contributed by atoms with van der Waals surface area (Å²) in [7, 11) is 3.34. The van der Waals surface area contributed by atoms with Crippen LogP contribution in [0.3, 0.4) is 0 Å². The van der Waals surface area contributed by atoms with Crippen molar-refractivity contribution in [2.75, 3.05) is 47.1 Å². The van der Waals surface area contributed by atoms with E-state index in [1.54, 1.807) is 14.2 Å². The maximum absolute atomic E-state index is 10.2. The number of hydrogen-bond donors (Lipinski definition) is 2. The molecule has 7 nitrogen and oxygen atoms in total. The Morgan fingerprint density at radius 3 is 2.50 bits per heavy atom. The first-order chi connectivity index (χ1) is 20.7. The second-order valence-corrected chi connectivity index (χ2v) is 10.5. The summed E-state index contributed by atoms with van der Waals surface area (Å²) in [6.07, 6.45) is 0.684. The molecule has 4 aromatic rings. The molecule has 5 rings (SSSR count). The van der Waals surface area contributed by atoms with Crippen molar-refractivity contribution >= 4 is 10.8 Å². The minimum Gasteiger partial charge on any atom is -0.496 e. The third-order valence-electron chi connectivity index (χ3n) is 7.76. The summed E-state index contributed by atoms with van der Waals surface area (Å²) in [4.78, 5) is 0. The monoisotopic (exact) mass is 569 g/mol. The number of ether oxygens (including phenoxy) is 5. The zero-order valence-corrected chi connectivity index (χ0v) is 24.3. The summed E-state index contributed by atoms with van der Waals surface area (Å²) in [6, 6.07) is 30.0. The van der Waals surface area contributed by atoms with E-state index in [1.165, 1.54) is 0 Å². The number of aliphatic hydroxyl groups excluding tert-OH is 1. The van der Waals surface area contributed by atoms with Crippen LogP contribution in [0, 0.1) is 18.1 Å². The molecule has 2 N–H and O–H groups in total. The molecule has 0 aliphatic carbocycles. The largest absolute Gasteiger partial charge is 0.496 e. The summed E-state index contributed by atoms with van der Waals surface area (Å²) in [5.41, 5.74) is 3.20. The zero-order chi connectivity index (χ0) is 29.1. The van der Waals surface area contributed by atoms with Crippen LogP contribution in [-0.4, -0.2) is 58.3 Å². The summed E-state index contributed by atoms with van der Waals surface area (Å²) >= 11 is 0. The standard InChI is InChI=1S/C35H39NO6/c1-38-32-11-6-4-9-28(32)24-40-16-7-17-41-30-14-12-26(13-15-30)35-29(22-37)20-36-21-34(35)42-23-25-18-27-8-3-5-10-31(27)33(19-25)39-2/h4,6,8-15,18-19,29,34-37H,7,16-17,20-24H2,1-2H3/t29-,34-,35-/m0/s1. The summed E-state index contributed by atoms with van der Waals surface area (Å²) in [6.45, 7) is 3.64. The molecule has 0 saturated carbocycles. The number of methoxy groups -OCH3 is 2. The molecular formula is C35H39NO6. The summed E-state index contributed by atoms with van der Waals surface area (Å²) in [5, 5.41) is 15.7. The van der Waals surface area contributed by atoms with E-state index in [9.17, 15) is 5.11 Å². The highest BCUT2D eigenvalue weighted by Crippen LogP contribution is 2.34. The number of fused-ring (bicyclic) bond motifs is 1. The lowest BCUT2D eigenvalue weighted by Gasteiger charge is -2.38. The molecule has 1 saturated heterocycles. The van der Waals surface area contributed by atoms with Gasteiger partial charge in [-0.3, -0.25) is 0 Å². The van der Waals surface area contributed by atoms with Crippen LogP contribution in [0.15, 0.2) is 72.8 Å². The maximum atomic E-state index is 10.2. The fraction of sp³-hybridized carbons (Fsp3) is 0.371. The van der Waals surface area contributed by atoms with Gasteiger partial charge in [0, 0.05) is 55.0 Å². The normalized spacial score (nSPS) is 18.4. The Bertz CT molecular complexity index is 1410. The highest BCUT2D eigenvalue weighted by Gasteiger charge is 2.35. The van der Waals surface area contributed by atoms with Gasteiger partial charge in [0.1, 0.15) is 17.2 Å². The molecule has 220 valence electrons. The number of hydrogen-bond acceptors (Lipinski definition) is 7. The van der Waals surface area contributed by atoms with Crippen molar-refractivity contribution < 1.29 is 28.8 Å². The number of para-hydroxylation sites is 1. The molecule has 0 aromatic heterocycles. The van der Waals surface area contributed by atoms with E-state index in [4.69, 9.17) is 23.7 Å². The Balaban J connectivity index is 1.15. The van der Waals surface area contributed by atoms with Crippen LogP contribution < -0.4 is 19.5 Å². The summed E-state index contributed by atoms with van der Waals surface area (Å²) in [5.74, 6) is 2.55. The molecule has 3 atom stereocenters. The van der Waals surface area contributed by atoms with Crippen LogP contribution in [-0.2, 0) is 22.7 Å². The van der Waals surface area contributed by atoms with Gasteiger partial charge in [-0.15, -0.1) is 0 Å². The van der Waals surface area contributed by atoms with Gasteiger partial charge in [-0.2, -0.15) is 0 Å². The number of aliphatic hydroxyl groups is 1. The lowest BCUT2D eigenvalue weighted by atomic mass is 9.79. The summed E-state index contributed by atoms with van der Waals surface area (Å²) < 4.78 is 29.3. The number of rotatable bonds is 14. The van der Waals surface area contributed by atoms with Crippen molar-refractivity contribution in [2.45, 2.75) is 31.7 Å². The molecule has 0 radical (unpaired) electrons. The van der Waals surface area contributed by atoms with Crippen LogP contribution in [0.25, 0.3) is 10.8 Å². The molecule has 0 unspecified atom stereocenters. The third kappa shape index (κ3) is 7.33. The second kappa shape index (κ2) is 14.9. The van der Waals surface area contributed by atoms with E-state index in [0.29, 0.717) is 33.0 Å². The molecule has 1 aliphatic heterocycles. The third-order valence-corrected chi connectivity index (χ3v) is 7.76. The second-order valence-electron chi connectivity index (χ2n) is 10.5. The number of nitrogens with one attached hydrogen (secondary N) is 1.